The second-order valence-electron chi connectivity index (χ2n) is 9.39. The molecule has 0 saturated carbocycles. The summed E-state index contributed by atoms with van der Waals surface area (Å²) >= 11 is 2.06. The Labute approximate surface area is 238 Å². The van der Waals surface area contributed by atoms with Gasteiger partial charge in [0, 0.05) is 38.1 Å². The first-order valence-corrected chi connectivity index (χ1v) is 14.1. The molecular formula is C27H41IN2O8. The molecule has 0 spiro atoms. The molecule has 0 saturated heterocycles. The molecular weight excluding hydrogens is 607 g/mol. The molecule has 1 aliphatic carbocycles. The van der Waals surface area contributed by atoms with Gasteiger partial charge in [0.2, 0.25) is 11.8 Å². The molecule has 0 bridgehead atoms. The molecule has 1 aliphatic rings. The Hall–Kier alpha value is -1.93. The molecule has 0 radical (unpaired) electrons. The highest BCUT2D eigenvalue weighted by atomic mass is 127. The van der Waals surface area contributed by atoms with Crippen LogP contribution in [0.1, 0.15) is 52.0 Å². The smallest absolute Gasteiger partial charge is 0.247 e. The molecule has 2 amide bonds. The van der Waals surface area contributed by atoms with E-state index in [1.165, 1.54) is 7.11 Å². The first kappa shape index (κ1) is 32.3. The Morgan fingerprint density at radius 3 is 2.61 bits per heavy atom. The SMILES string of the molecule is CCCC(=O)N(CCCOC(C)C)C1CC(C(=O)NCCO)=CC(Oc2c(I)cc(CO)cc2OC)C1O. The number of hydrogen-bond acceptors (Lipinski definition) is 8. The van der Waals surface area contributed by atoms with Gasteiger partial charge in [-0.1, -0.05) is 6.92 Å². The van der Waals surface area contributed by atoms with E-state index < -0.39 is 24.2 Å². The van der Waals surface area contributed by atoms with Gasteiger partial charge in [-0.05, 0) is 73.1 Å². The summed E-state index contributed by atoms with van der Waals surface area (Å²) < 4.78 is 18.0. The molecule has 38 heavy (non-hydrogen) atoms. The number of aliphatic hydroxyl groups excluding tert-OH is 3. The van der Waals surface area contributed by atoms with Crippen LogP contribution in [0.5, 0.6) is 11.5 Å². The van der Waals surface area contributed by atoms with Crippen LogP contribution in [0, 0.1) is 3.57 Å². The zero-order chi connectivity index (χ0) is 28.2. The summed E-state index contributed by atoms with van der Waals surface area (Å²) in [5, 5.41) is 32.9. The number of aliphatic hydroxyl groups is 3. The zero-order valence-corrected chi connectivity index (χ0v) is 24.8. The van der Waals surface area contributed by atoms with Gasteiger partial charge in [-0.25, -0.2) is 0 Å². The van der Waals surface area contributed by atoms with E-state index in [0.717, 1.165) is 0 Å². The van der Waals surface area contributed by atoms with Gasteiger partial charge >= 0.3 is 0 Å². The number of benzene rings is 1. The Balaban J connectivity index is 2.44. The van der Waals surface area contributed by atoms with Crippen molar-refractivity contribution in [2.45, 2.75) is 77.4 Å². The van der Waals surface area contributed by atoms with Crippen molar-refractivity contribution >= 4 is 34.4 Å². The average Bonchev–Trinajstić information content (AvgIpc) is 2.89. The molecule has 0 aromatic heterocycles. The number of nitrogens with one attached hydrogen (secondary N) is 1. The molecule has 1 aromatic rings. The van der Waals surface area contributed by atoms with E-state index in [2.05, 4.69) is 27.9 Å². The average molecular weight is 649 g/mol. The normalized spacial score (nSPS) is 19.2. The maximum absolute atomic E-state index is 13.2. The van der Waals surface area contributed by atoms with Crippen molar-refractivity contribution in [2.75, 3.05) is 33.4 Å². The number of hydrogen-bond donors (Lipinski definition) is 4. The fraction of sp³-hybridized carbons (Fsp3) is 0.630. The van der Waals surface area contributed by atoms with E-state index in [1.54, 1.807) is 23.1 Å². The second kappa shape index (κ2) is 16.2. The number of methoxy groups -OCH3 is 1. The minimum absolute atomic E-state index is 0.0623. The maximum Gasteiger partial charge on any atom is 0.247 e. The second-order valence-corrected chi connectivity index (χ2v) is 10.6. The molecule has 214 valence electrons. The highest BCUT2D eigenvalue weighted by Crippen LogP contribution is 2.37. The van der Waals surface area contributed by atoms with E-state index in [-0.39, 0.29) is 38.2 Å². The van der Waals surface area contributed by atoms with E-state index in [0.29, 0.717) is 58.6 Å². The molecule has 1 aromatic carbocycles. The van der Waals surface area contributed by atoms with Gasteiger partial charge in [0.05, 0.1) is 36.0 Å². The third-order valence-corrected chi connectivity index (χ3v) is 6.92. The van der Waals surface area contributed by atoms with Gasteiger partial charge in [-0.3, -0.25) is 9.59 Å². The van der Waals surface area contributed by atoms with E-state index in [1.807, 2.05) is 20.8 Å². The number of nitrogens with zero attached hydrogens (tertiary/aromatic N) is 1. The zero-order valence-electron chi connectivity index (χ0n) is 22.6. The summed E-state index contributed by atoms with van der Waals surface area (Å²) in [6, 6.07) is 2.68. The fourth-order valence-corrected chi connectivity index (χ4v) is 5.07. The standard InChI is InChI=1S/C27H41IN2O8/c1-5-7-24(33)30(9-6-11-37-17(2)3)21-14-19(27(35)29-8-10-31)15-22(25(21)34)38-26-20(28)12-18(16-32)13-23(26)36-4/h12-13,15,17,21-22,25,31-32,34H,5-11,14,16H2,1-4H3,(H,29,35). The quantitative estimate of drug-likeness (QED) is 0.168. The molecule has 11 heteroatoms. The Kier molecular flexibility index (Phi) is 13.8. The largest absolute Gasteiger partial charge is 0.493 e. The summed E-state index contributed by atoms with van der Waals surface area (Å²) in [5.41, 5.74) is 0.993. The molecule has 3 atom stereocenters. The third-order valence-electron chi connectivity index (χ3n) is 6.12. The van der Waals surface area contributed by atoms with Crippen molar-refractivity contribution in [3.8, 4) is 11.5 Å². The summed E-state index contributed by atoms with van der Waals surface area (Å²) in [5.74, 6) is 0.224. The predicted molar refractivity (Wildman–Crippen MR) is 151 cm³/mol. The minimum atomic E-state index is -1.13. The van der Waals surface area contributed by atoms with Crippen molar-refractivity contribution in [1.82, 2.24) is 10.2 Å². The lowest BCUT2D eigenvalue weighted by atomic mass is 9.87. The molecule has 0 fully saturated rings. The number of ether oxygens (including phenoxy) is 3. The number of rotatable bonds is 15. The van der Waals surface area contributed by atoms with Crippen LogP contribution in [0.15, 0.2) is 23.8 Å². The van der Waals surface area contributed by atoms with E-state index >= 15 is 0 Å². The first-order valence-electron chi connectivity index (χ1n) is 13.0. The molecule has 4 N–H and O–H groups in total. The fourth-order valence-electron chi connectivity index (χ4n) is 4.28. The Bertz CT molecular complexity index is 955. The van der Waals surface area contributed by atoms with Crippen LogP contribution in [-0.2, 0) is 20.9 Å². The van der Waals surface area contributed by atoms with Crippen LogP contribution in [0.3, 0.4) is 0 Å². The summed E-state index contributed by atoms with van der Waals surface area (Å²) in [4.78, 5) is 27.8. The Morgan fingerprint density at radius 1 is 1.26 bits per heavy atom. The highest BCUT2D eigenvalue weighted by molar-refractivity contribution is 14.1. The maximum atomic E-state index is 13.2. The van der Waals surface area contributed by atoms with Crippen molar-refractivity contribution in [1.29, 1.82) is 0 Å². The molecule has 10 nitrogen and oxygen atoms in total. The molecule has 0 aliphatic heterocycles. The van der Waals surface area contributed by atoms with Crippen molar-refractivity contribution in [3.63, 3.8) is 0 Å². The van der Waals surface area contributed by atoms with Crippen LogP contribution >= 0.6 is 22.6 Å². The van der Waals surface area contributed by atoms with Gasteiger partial charge in [0.25, 0.3) is 0 Å². The Morgan fingerprint density at radius 2 is 2.00 bits per heavy atom. The third kappa shape index (κ3) is 9.08. The van der Waals surface area contributed by atoms with Crippen molar-refractivity contribution in [2.24, 2.45) is 0 Å². The van der Waals surface area contributed by atoms with Crippen LogP contribution < -0.4 is 14.8 Å². The van der Waals surface area contributed by atoms with E-state index in [9.17, 15) is 19.8 Å². The van der Waals surface area contributed by atoms with Gasteiger partial charge in [0.15, 0.2) is 11.5 Å². The van der Waals surface area contributed by atoms with Crippen LogP contribution in [0.2, 0.25) is 0 Å². The summed E-state index contributed by atoms with van der Waals surface area (Å²) in [6.07, 6.45) is 1.20. The van der Waals surface area contributed by atoms with E-state index in [4.69, 9.17) is 19.3 Å². The van der Waals surface area contributed by atoms with Gasteiger partial charge in [-0.2, -0.15) is 0 Å². The summed E-state index contributed by atoms with van der Waals surface area (Å²) in [7, 11) is 1.48. The number of amides is 2. The predicted octanol–water partition coefficient (Wildman–Crippen LogP) is 2.15. The first-order chi connectivity index (χ1) is 18.2. The number of carbonyl (C=O) groups excluding carboxylic acids is 2. The van der Waals surface area contributed by atoms with Gasteiger partial charge in [0.1, 0.15) is 12.2 Å². The van der Waals surface area contributed by atoms with Crippen molar-refractivity contribution < 1.29 is 39.1 Å². The molecule has 0 heterocycles. The molecule has 3 unspecified atom stereocenters. The lowest BCUT2D eigenvalue weighted by Gasteiger charge is -2.40. The van der Waals surface area contributed by atoms with Crippen molar-refractivity contribution in [3.05, 3.63) is 32.9 Å². The highest BCUT2D eigenvalue weighted by Gasteiger charge is 2.40. The lowest BCUT2D eigenvalue weighted by Crippen LogP contribution is -2.55. The topological polar surface area (TPSA) is 138 Å². The van der Waals surface area contributed by atoms with Gasteiger partial charge < -0.3 is 39.7 Å². The number of carbonyl (C=O) groups is 2. The van der Waals surface area contributed by atoms with Crippen LogP contribution in [0.25, 0.3) is 0 Å². The monoisotopic (exact) mass is 648 g/mol. The lowest BCUT2D eigenvalue weighted by molar-refractivity contribution is -0.139. The molecule has 2 rings (SSSR count). The summed E-state index contributed by atoms with van der Waals surface area (Å²) in [6.45, 7) is 6.31. The minimum Gasteiger partial charge on any atom is -0.493 e. The van der Waals surface area contributed by atoms with Crippen LogP contribution in [0.4, 0.5) is 0 Å². The number of halogens is 1. The van der Waals surface area contributed by atoms with Gasteiger partial charge in [-0.15, -0.1) is 0 Å². The van der Waals surface area contributed by atoms with Crippen LogP contribution in [-0.4, -0.2) is 89.8 Å².